The quantitative estimate of drug-likeness (QED) is 0.896. The largest absolute Gasteiger partial charge is 0.491 e. The van der Waals surface area contributed by atoms with Gasteiger partial charge in [0.1, 0.15) is 18.4 Å². The van der Waals surface area contributed by atoms with Crippen molar-refractivity contribution < 1.29 is 14.6 Å². The van der Waals surface area contributed by atoms with Gasteiger partial charge in [0.25, 0.3) is 0 Å². The molecule has 1 amide bonds. The van der Waals surface area contributed by atoms with Crippen LogP contribution in [0.25, 0.3) is 0 Å². The first-order valence-electron chi connectivity index (χ1n) is 7.88. The van der Waals surface area contributed by atoms with E-state index in [9.17, 15) is 4.79 Å². The van der Waals surface area contributed by atoms with Gasteiger partial charge in [0.2, 0.25) is 0 Å². The molecule has 24 heavy (non-hydrogen) atoms. The number of nitriles is 2. The first kappa shape index (κ1) is 16.1. The monoisotopic (exact) mass is 326 g/mol. The van der Waals surface area contributed by atoms with Crippen LogP contribution in [-0.4, -0.2) is 60.3 Å². The van der Waals surface area contributed by atoms with Gasteiger partial charge in [-0.15, -0.1) is 0 Å². The molecule has 0 aromatic heterocycles. The molecule has 2 unspecified atom stereocenters. The number of hydrogen-bond acceptors (Lipinski definition) is 5. The van der Waals surface area contributed by atoms with Gasteiger partial charge in [-0.05, 0) is 30.0 Å². The van der Waals surface area contributed by atoms with E-state index in [1.807, 2.05) is 12.1 Å². The van der Waals surface area contributed by atoms with Crippen molar-refractivity contribution in [1.82, 2.24) is 9.80 Å². The first-order chi connectivity index (χ1) is 11.6. The summed E-state index contributed by atoms with van der Waals surface area (Å²) in [6.07, 6.45) is -0.830. The summed E-state index contributed by atoms with van der Waals surface area (Å²) < 4.78 is 5.69. The second kappa shape index (κ2) is 6.77. The maximum Gasteiger partial charge on any atom is 0.407 e. The van der Waals surface area contributed by atoms with Crippen molar-refractivity contribution in [2.45, 2.75) is 0 Å². The molecule has 2 aliphatic heterocycles. The van der Waals surface area contributed by atoms with E-state index >= 15 is 0 Å². The zero-order valence-electron chi connectivity index (χ0n) is 13.2. The normalized spacial score (nSPS) is 22.7. The van der Waals surface area contributed by atoms with E-state index in [1.54, 1.807) is 12.1 Å². The third kappa shape index (κ3) is 3.27. The lowest BCUT2D eigenvalue weighted by Gasteiger charge is -2.20. The fraction of sp³-hybridized carbons (Fsp3) is 0.471. The summed E-state index contributed by atoms with van der Waals surface area (Å²) >= 11 is 0. The van der Waals surface area contributed by atoms with Crippen LogP contribution >= 0.6 is 0 Å². The summed E-state index contributed by atoms with van der Waals surface area (Å²) in [7, 11) is 0. The second-order valence-corrected chi connectivity index (χ2v) is 6.25. The van der Waals surface area contributed by atoms with E-state index in [0.717, 1.165) is 19.6 Å². The Hall–Kier alpha value is -2.77. The number of likely N-dealkylation sites (tertiary alicyclic amines) is 2. The molecule has 1 aromatic rings. The molecule has 0 bridgehead atoms. The van der Waals surface area contributed by atoms with Gasteiger partial charge in [-0.3, -0.25) is 4.90 Å². The van der Waals surface area contributed by atoms with Crippen LogP contribution in [0, 0.1) is 34.5 Å². The Morgan fingerprint density at radius 1 is 1.21 bits per heavy atom. The molecular formula is C17H18N4O3. The van der Waals surface area contributed by atoms with Gasteiger partial charge in [-0.25, -0.2) is 4.79 Å². The van der Waals surface area contributed by atoms with Crippen LogP contribution in [0.4, 0.5) is 4.79 Å². The van der Waals surface area contributed by atoms with E-state index in [0.29, 0.717) is 48.4 Å². The highest BCUT2D eigenvalue weighted by molar-refractivity contribution is 5.65. The van der Waals surface area contributed by atoms with E-state index < -0.39 is 6.09 Å². The summed E-state index contributed by atoms with van der Waals surface area (Å²) in [5.74, 6) is 1.31. The molecule has 7 heteroatoms. The Bertz CT molecular complexity index is 708. The fourth-order valence-electron chi connectivity index (χ4n) is 3.53. The lowest BCUT2D eigenvalue weighted by atomic mass is 10.0. The van der Waals surface area contributed by atoms with E-state index in [2.05, 4.69) is 4.90 Å². The lowest BCUT2D eigenvalue weighted by Crippen LogP contribution is -2.33. The minimum absolute atomic E-state index is 0.365. The molecule has 1 N–H and O–H groups in total. The molecule has 2 fully saturated rings. The molecule has 0 aliphatic carbocycles. The Morgan fingerprint density at radius 3 is 2.50 bits per heavy atom. The van der Waals surface area contributed by atoms with Gasteiger partial charge < -0.3 is 14.7 Å². The Morgan fingerprint density at radius 2 is 1.92 bits per heavy atom. The van der Waals surface area contributed by atoms with Crippen LogP contribution in [-0.2, 0) is 0 Å². The minimum Gasteiger partial charge on any atom is -0.491 e. The Balaban J connectivity index is 1.48. The predicted octanol–water partition coefficient (Wildman–Crippen LogP) is 1.35. The van der Waals surface area contributed by atoms with E-state index in [1.165, 1.54) is 11.0 Å². The van der Waals surface area contributed by atoms with Crippen molar-refractivity contribution >= 4 is 6.09 Å². The summed E-state index contributed by atoms with van der Waals surface area (Å²) in [6.45, 7) is 4.21. The third-order valence-electron chi connectivity index (χ3n) is 4.73. The van der Waals surface area contributed by atoms with Crippen molar-refractivity contribution in [2.24, 2.45) is 11.8 Å². The summed E-state index contributed by atoms with van der Waals surface area (Å²) in [4.78, 5) is 14.8. The average Bonchev–Trinajstić information content (AvgIpc) is 3.13. The molecule has 2 saturated heterocycles. The Labute approximate surface area is 140 Å². The van der Waals surface area contributed by atoms with Crippen LogP contribution in [0.5, 0.6) is 5.75 Å². The Kier molecular flexibility index (Phi) is 4.54. The van der Waals surface area contributed by atoms with Gasteiger partial charge >= 0.3 is 6.09 Å². The number of nitrogens with zero attached hydrogens (tertiary/aromatic N) is 4. The zero-order chi connectivity index (χ0) is 17.1. The first-order valence-corrected chi connectivity index (χ1v) is 7.88. The van der Waals surface area contributed by atoms with Crippen LogP contribution in [0.3, 0.4) is 0 Å². The van der Waals surface area contributed by atoms with Crippen LogP contribution < -0.4 is 4.74 Å². The van der Waals surface area contributed by atoms with Crippen LogP contribution in [0.15, 0.2) is 18.2 Å². The molecule has 124 valence electrons. The van der Waals surface area contributed by atoms with Crippen molar-refractivity contribution in [3.63, 3.8) is 0 Å². The highest BCUT2D eigenvalue weighted by Crippen LogP contribution is 2.30. The topological polar surface area (TPSA) is 101 Å². The maximum atomic E-state index is 11.0. The smallest absolute Gasteiger partial charge is 0.407 e. The molecule has 0 radical (unpaired) electrons. The number of fused-ring (bicyclic) bond motifs is 1. The average molecular weight is 326 g/mol. The number of carboxylic acid groups (broad SMARTS) is 1. The van der Waals surface area contributed by atoms with Gasteiger partial charge in [0.15, 0.2) is 0 Å². The molecule has 2 aliphatic rings. The second-order valence-electron chi connectivity index (χ2n) is 6.25. The number of hydrogen-bond donors (Lipinski definition) is 1. The SMILES string of the molecule is N#Cc1ccc(OCCN2CC3CN(C(=O)O)CC3C2)c(C#N)c1. The van der Waals surface area contributed by atoms with Gasteiger partial charge in [0, 0.05) is 32.7 Å². The maximum absolute atomic E-state index is 11.0. The highest BCUT2D eigenvalue weighted by atomic mass is 16.5. The van der Waals surface area contributed by atoms with Gasteiger partial charge in [-0.2, -0.15) is 10.5 Å². The van der Waals surface area contributed by atoms with Gasteiger partial charge in [-0.1, -0.05) is 0 Å². The van der Waals surface area contributed by atoms with Crippen LogP contribution in [0.2, 0.25) is 0 Å². The number of rotatable bonds is 4. The number of carbonyl (C=O) groups is 1. The molecular weight excluding hydrogens is 308 g/mol. The summed E-state index contributed by atoms with van der Waals surface area (Å²) in [5, 5.41) is 27.0. The van der Waals surface area contributed by atoms with E-state index in [4.69, 9.17) is 20.4 Å². The molecule has 3 rings (SSSR count). The van der Waals surface area contributed by atoms with Crippen molar-refractivity contribution in [1.29, 1.82) is 10.5 Å². The standard InChI is InChI=1S/C17H18N4O3/c18-6-12-1-2-16(13(5-12)7-19)24-4-3-20-8-14-10-21(17(22)23)11-15(14)9-20/h1-2,5,14-15H,3-4,8-11H2,(H,22,23). The zero-order valence-corrected chi connectivity index (χ0v) is 13.2. The predicted molar refractivity (Wildman–Crippen MR) is 84.4 cm³/mol. The highest BCUT2D eigenvalue weighted by Gasteiger charge is 2.41. The number of benzene rings is 1. The molecule has 0 saturated carbocycles. The summed E-state index contributed by atoms with van der Waals surface area (Å²) in [6, 6.07) is 8.86. The van der Waals surface area contributed by atoms with Crippen molar-refractivity contribution in [3.8, 4) is 17.9 Å². The summed E-state index contributed by atoms with van der Waals surface area (Å²) in [5.41, 5.74) is 0.804. The van der Waals surface area contributed by atoms with Crippen molar-refractivity contribution in [3.05, 3.63) is 29.3 Å². The molecule has 1 aromatic carbocycles. The minimum atomic E-state index is -0.830. The van der Waals surface area contributed by atoms with Gasteiger partial charge in [0.05, 0.1) is 17.2 Å². The number of ether oxygens (including phenoxy) is 1. The van der Waals surface area contributed by atoms with E-state index in [-0.39, 0.29) is 0 Å². The van der Waals surface area contributed by atoms with Crippen molar-refractivity contribution in [2.75, 3.05) is 39.3 Å². The molecule has 7 nitrogen and oxygen atoms in total. The lowest BCUT2D eigenvalue weighted by molar-refractivity contribution is 0.147. The third-order valence-corrected chi connectivity index (χ3v) is 4.73. The van der Waals surface area contributed by atoms with Crippen LogP contribution in [0.1, 0.15) is 11.1 Å². The number of amides is 1. The fourth-order valence-corrected chi connectivity index (χ4v) is 3.53. The molecule has 2 atom stereocenters. The molecule has 2 heterocycles. The molecule has 0 spiro atoms.